The highest BCUT2D eigenvalue weighted by Crippen LogP contribution is 2.19. The summed E-state index contributed by atoms with van der Waals surface area (Å²) in [5.41, 5.74) is 0.914. The Morgan fingerprint density at radius 3 is 2.42 bits per heavy atom. The Bertz CT molecular complexity index is 1240. The molecule has 3 aromatic rings. The number of carboxylic acid groups (broad SMARTS) is 1. The summed E-state index contributed by atoms with van der Waals surface area (Å²) in [6, 6.07) is 13.5. The lowest BCUT2D eigenvalue weighted by Gasteiger charge is -2.36. The van der Waals surface area contributed by atoms with Crippen LogP contribution in [0.15, 0.2) is 65.7 Å². The second kappa shape index (κ2) is 11.3. The van der Waals surface area contributed by atoms with Gasteiger partial charge in [-0.1, -0.05) is 36.4 Å². The van der Waals surface area contributed by atoms with Gasteiger partial charge >= 0.3 is 17.8 Å². The van der Waals surface area contributed by atoms with Crippen molar-refractivity contribution in [2.45, 2.75) is 26.1 Å². The second-order valence-corrected chi connectivity index (χ2v) is 8.44. The molecule has 1 aromatic carbocycles. The number of hydrogen-bond donors (Lipinski definition) is 2. The lowest BCUT2D eigenvalue weighted by molar-refractivity contribution is -0.139. The molecule has 11 heteroatoms. The number of aryl methyl sites for hydroxylation is 1. The molecule has 0 aliphatic carbocycles. The van der Waals surface area contributed by atoms with Crippen molar-refractivity contribution in [1.29, 1.82) is 0 Å². The molecule has 1 unspecified atom stereocenters. The minimum atomic E-state index is -1.36. The van der Waals surface area contributed by atoms with Gasteiger partial charge in [0.05, 0.1) is 6.54 Å². The van der Waals surface area contributed by atoms with Crippen LogP contribution < -0.4 is 20.8 Å². The molecular formula is C25H28N6O5. The van der Waals surface area contributed by atoms with Crippen LogP contribution in [0.25, 0.3) is 0 Å². The predicted octanol–water partition coefficient (Wildman–Crippen LogP) is 1.65. The molecule has 1 fully saturated rings. The van der Waals surface area contributed by atoms with Gasteiger partial charge in [-0.15, -0.1) is 0 Å². The van der Waals surface area contributed by atoms with Crippen LogP contribution in [-0.2, 0) is 22.7 Å². The Balaban J connectivity index is 1.38. The SMILES string of the molecule is Cc1cn(CC(NC(=O)OCc2ccccc2)C(=O)O)c(=O)nc1N1CCN(c2ccccn2)CC1. The number of amides is 1. The Kier molecular flexibility index (Phi) is 7.79. The summed E-state index contributed by atoms with van der Waals surface area (Å²) < 4.78 is 6.30. The maximum Gasteiger partial charge on any atom is 0.408 e. The third-order valence-corrected chi connectivity index (χ3v) is 5.88. The van der Waals surface area contributed by atoms with E-state index in [2.05, 4.69) is 20.2 Å². The average molecular weight is 493 g/mol. The number of aliphatic carboxylic acids is 1. The predicted molar refractivity (Wildman–Crippen MR) is 133 cm³/mol. The van der Waals surface area contributed by atoms with Gasteiger partial charge in [-0.2, -0.15) is 4.98 Å². The van der Waals surface area contributed by atoms with Crippen molar-refractivity contribution in [2.24, 2.45) is 0 Å². The van der Waals surface area contributed by atoms with Crippen LogP contribution in [0.3, 0.4) is 0 Å². The zero-order valence-corrected chi connectivity index (χ0v) is 19.9. The number of nitrogens with zero attached hydrogens (tertiary/aromatic N) is 5. The first-order valence-corrected chi connectivity index (χ1v) is 11.6. The van der Waals surface area contributed by atoms with Crippen LogP contribution in [0.2, 0.25) is 0 Å². The fourth-order valence-corrected chi connectivity index (χ4v) is 4.02. The van der Waals surface area contributed by atoms with E-state index in [4.69, 9.17) is 4.74 Å². The highest BCUT2D eigenvalue weighted by atomic mass is 16.5. The normalized spacial score (nSPS) is 14.2. The summed E-state index contributed by atoms with van der Waals surface area (Å²) in [6.45, 7) is 4.34. The Morgan fingerprint density at radius 1 is 1.06 bits per heavy atom. The van der Waals surface area contributed by atoms with Gasteiger partial charge in [-0.25, -0.2) is 19.4 Å². The third kappa shape index (κ3) is 6.17. The number of ether oxygens (including phenoxy) is 1. The number of carboxylic acids is 1. The van der Waals surface area contributed by atoms with Gasteiger partial charge in [0, 0.05) is 44.1 Å². The number of piperazine rings is 1. The fourth-order valence-electron chi connectivity index (χ4n) is 4.02. The third-order valence-electron chi connectivity index (χ3n) is 5.88. The van der Waals surface area contributed by atoms with Crippen molar-refractivity contribution in [3.05, 3.63) is 82.5 Å². The molecular weight excluding hydrogens is 464 g/mol. The number of nitrogens with one attached hydrogen (secondary N) is 1. The second-order valence-electron chi connectivity index (χ2n) is 8.44. The van der Waals surface area contributed by atoms with Crippen LogP contribution in [0.1, 0.15) is 11.1 Å². The largest absolute Gasteiger partial charge is 0.480 e. The van der Waals surface area contributed by atoms with Gasteiger partial charge in [-0.3, -0.25) is 4.57 Å². The van der Waals surface area contributed by atoms with Crippen molar-refractivity contribution in [3.8, 4) is 0 Å². The molecule has 1 saturated heterocycles. The summed E-state index contributed by atoms with van der Waals surface area (Å²) in [5.74, 6) is 0.191. The molecule has 0 spiro atoms. The minimum absolute atomic E-state index is 0.00190. The zero-order valence-electron chi connectivity index (χ0n) is 19.9. The van der Waals surface area contributed by atoms with Crippen molar-refractivity contribution in [2.75, 3.05) is 36.0 Å². The van der Waals surface area contributed by atoms with Gasteiger partial charge in [0.15, 0.2) is 0 Å². The number of anilines is 2. The standard InChI is InChI=1S/C25H28N6O5/c1-18-15-31(16-20(23(32)33)27-25(35)36-17-19-7-3-2-4-8-19)24(34)28-22(18)30-13-11-29(12-14-30)21-9-5-6-10-26-21/h2-10,15,20H,11-14,16-17H2,1H3,(H,27,35)(H,32,33). The number of carbonyl (C=O) groups excluding carboxylic acids is 1. The highest BCUT2D eigenvalue weighted by Gasteiger charge is 2.24. The topological polar surface area (TPSA) is 130 Å². The summed E-state index contributed by atoms with van der Waals surface area (Å²) in [4.78, 5) is 49.5. The fraction of sp³-hybridized carbons (Fsp3) is 0.320. The first-order chi connectivity index (χ1) is 17.4. The summed E-state index contributed by atoms with van der Waals surface area (Å²) in [5, 5.41) is 11.9. The lowest BCUT2D eigenvalue weighted by atomic mass is 10.2. The van der Waals surface area contributed by atoms with E-state index < -0.39 is 23.8 Å². The van der Waals surface area contributed by atoms with Crippen LogP contribution in [0.4, 0.5) is 16.4 Å². The molecule has 188 valence electrons. The van der Waals surface area contributed by atoms with Crippen LogP contribution in [-0.4, -0.2) is 63.9 Å². The van der Waals surface area contributed by atoms with E-state index in [1.54, 1.807) is 24.5 Å². The zero-order chi connectivity index (χ0) is 25.5. The molecule has 2 aromatic heterocycles. The quantitative estimate of drug-likeness (QED) is 0.482. The summed E-state index contributed by atoms with van der Waals surface area (Å²) in [7, 11) is 0. The van der Waals surface area contributed by atoms with E-state index in [0.717, 1.165) is 30.0 Å². The first-order valence-electron chi connectivity index (χ1n) is 11.6. The molecule has 0 bridgehead atoms. The summed E-state index contributed by atoms with van der Waals surface area (Å²) >= 11 is 0. The van der Waals surface area contributed by atoms with Crippen molar-refractivity contribution in [1.82, 2.24) is 19.9 Å². The number of rotatable bonds is 8. The van der Waals surface area contributed by atoms with Crippen molar-refractivity contribution >= 4 is 23.7 Å². The van der Waals surface area contributed by atoms with E-state index >= 15 is 0 Å². The van der Waals surface area contributed by atoms with Gasteiger partial charge in [0.2, 0.25) is 0 Å². The Hall–Kier alpha value is -4.41. The van der Waals surface area contributed by atoms with Gasteiger partial charge in [0.1, 0.15) is 24.3 Å². The maximum absolute atomic E-state index is 12.7. The number of alkyl carbamates (subject to hydrolysis) is 1. The average Bonchev–Trinajstić information content (AvgIpc) is 2.90. The molecule has 36 heavy (non-hydrogen) atoms. The number of hydrogen-bond acceptors (Lipinski definition) is 8. The van der Waals surface area contributed by atoms with Gasteiger partial charge in [0.25, 0.3) is 0 Å². The molecule has 2 N–H and O–H groups in total. The van der Waals surface area contributed by atoms with Crippen LogP contribution in [0.5, 0.6) is 0 Å². The van der Waals surface area contributed by atoms with E-state index in [9.17, 15) is 19.5 Å². The number of benzene rings is 1. The molecule has 0 radical (unpaired) electrons. The monoisotopic (exact) mass is 492 g/mol. The Labute approximate surface area is 208 Å². The molecule has 4 rings (SSSR count). The van der Waals surface area contributed by atoms with Crippen molar-refractivity contribution in [3.63, 3.8) is 0 Å². The number of pyridine rings is 1. The minimum Gasteiger partial charge on any atom is -0.480 e. The van der Waals surface area contributed by atoms with Crippen molar-refractivity contribution < 1.29 is 19.4 Å². The smallest absolute Gasteiger partial charge is 0.408 e. The van der Waals surface area contributed by atoms with E-state index in [0.29, 0.717) is 18.9 Å². The molecule has 3 heterocycles. The Morgan fingerprint density at radius 2 is 1.75 bits per heavy atom. The van der Waals surface area contributed by atoms with E-state index in [1.165, 1.54) is 4.57 Å². The molecule has 1 atom stereocenters. The number of aromatic nitrogens is 3. The molecule has 0 saturated carbocycles. The molecule has 1 aliphatic heterocycles. The van der Waals surface area contributed by atoms with Crippen LogP contribution in [0, 0.1) is 6.92 Å². The first kappa shape index (κ1) is 24.7. The lowest BCUT2D eigenvalue weighted by Crippen LogP contribution is -2.48. The summed E-state index contributed by atoms with van der Waals surface area (Å²) in [6.07, 6.45) is 2.45. The van der Waals surface area contributed by atoms with E-state index in [-0.39, 0.29) is 13.2 Å². The van der Waals surface area contributed by atoms with E-state index in [1.807, 2.05) is 48.2 Å². The van der Waals surface area contributed by atoms with Crippen LogP contribution >= 0.6 is 0 Å². The van der Waals surface area contributed by atoms with Gasteiger partial charge < -0.3 is 25.0 Å². The molecule has 1 amide bonds. The number of carbonyl (C=O) groups is 2. The molecule has 11 nitrogen and oxygen atoms in total. The van der Waals surface area contributed by atoms with Gasteiger partial charge in [-0.05, 0) is 24.6 Å². The molecule has 1 aliphatic rings. The highest BCUT2D eigenvalue weighted by molar-refractivity contribution is 5.79. The maximum atomic E-state index is 12.7.